The summed E-state index contributed by atoms with van der Waals surface area (Å²) in [5, 5.41) is 11.4. The molecule has 1 aliphatic heterocycles. The van der Waals surface area contributed by atoms with Crippen molar-refractivity contribution >= 4 is 28.0 Å². The molecule has 0 saturated heterocycles. The fraction of sp³-hybridized carbons (Fsp3) is 0. The molecule has 116 valence electrons. The molecule has 0 saturated carbocycles. The molecule has 1 aliphatic rings. The predicted octanol–water partition coefficient (Wildman–Crippen LogP) is -0.771. The number of anilines is 2. The van der Waals surface area contributed by atoms with Crippen molar-refractivity contribution in [2.75, 3.05) is 10.2 Å². The van der Waals surface area contributed by atoms with Crippen molar-refractivity contribution < 1.29 is 17.8 Å². The normalized spacial score (nSPS) is 13.7. The maximum Gasteiger partial charge on any atom is 0.277 e. The highest BCUT2D eigenvalue weighted by atomic mass is 35.5. The van der Waals surface area contributed by atoms with Gasteiger partial charge in [0.2, 0.25) is 5.13 Å². The van der Waals surface area contributed by atoms with E-state index >= 15 is 0 Å². The van der Waals surface area contributed by atoms with Crippen LogP contribution in [-0.4, -0.2) is 10.8 Å². The zero-order valence-corrected chi connectivity index (χ0v) is 13.7. The summed E-state index contributed by atoms with van der Waals surface area (Å²) in [6, 6.07) is 20.3. The monoisotopic (exact) mass is 343 g/mol. The molecule has 7 heteroatoms. The van der Waals surface area contributed by atoms with Gasteiger partial charge < -0.3 is 12.4 Å². The molecule has 0 atom stereocenters. The van der Waals surface area contributed by atoms with Crippen LogP contribution in [0.1, 0.15) is 5.56 Å². The first-order valence-corrected chi connectivity index (χ1v) is 7.82. The first-order chi connectivity index (χ1) is 10.9. The zero-order chi connectivity index (χ0) is 14.8. The first kappa shape index (κ1) is 15.5. The molecular weight excluding hydrogens is 330 g/mol. The molecule has 0 radical (unpaired) electrons. The Labute approximate surface area is 144 Å². The molecule has 2 aromatic carbocycles. The molecular formula is C16H14ClN5S. The second-order valence-corrected chi connectivity index (χ2v) is 5.64. The van der Waals surface area contributed by atoms with Crippen LogP contribution in [0.2, 0.25) is 0 Å². The number of nitrogens with zero attached hydrogens (tertiary/aromatic N) is 4. The Morgan fingerprint density at radius 1 is 0.913 bits per heavy atom. The highest BCUT2D eigenvalue weighted by molar-refractivity contribution is 7.13. The largest absolute Gasteiger partial charge is 1.00 e. The number of quaternary nitrogens is 1. The van der Waals surface area contributed by atoms with Crippen molar-refractivity contribution in [3.05, 3.63) is 77.8 Å². The summed E-state index contributed by atoms with van der Waals surface area (Å²) in [5.74, 6) is 0.916. The number of aromatic nitrogens is 1. The van der Waals surface area contributed by atoms with Gasteiger partial charge in [0.15, 0.2) is 0 Å². The number of hydrogen-bond acceptors (Lipinski definition) is 5. The standard InChI is InChI=1S/C16H13N5S.ClH/c1-3-7-13(8-4-1)15-18-20(14-9-5-2-6-10-14)21(19-15)16-17-11-12-22-16;/h1-12H,(H,18,19);1H. The average Bonchev–Trinajstić information content (AvgIpc) is 3.26. The summed E-state index contributed by atoms with van der Waals surface area (Å²) in [5.41, 5.74) is 4.17. The van der Waals surface area contributed by atoms with Gasteiger partial charge in [-0.3, -0.25) is 0 Å². The van der Waals surface area contributed by atoms with Crippen LogP contribution < -0.4 is 28.1 Å². The Hall–Kier alpha value is -2.41. The van der Waals surface area contributed by atoms with Crippen LogP contribution in [0.15, 0.2) is 77.3 Å². The van der Waals surface area contributed by atoms with Crippen molar-refractivity contribution in [1.82, 2.24) is 4.98 Å². The Bertz CT molecular complexity index is 777. The van der Waals surface area contributed by atoms with Gasteiger partial charge in [0.25, 0.3) is 5.84 Å². The second-order valence-electron chi connectivity index (χ2n) is 4.76. The maximum absolute atomic E-state index is 4.73. The van der Waals surface area contributed by atoms with E-state index < -0.39 is 0 Å². The fourth-order valence-electron chi connectivity index (χ4n) is 2.30. The number of benzene rings is 2. The SMILES string of the molecule is [Cl-].c1ccc(C2=NN(c3nccs3)N(c3ccccc3)[NH2+]2)cc1. The minimum atomic E-state index is 0. The molecule has 23 heavy (non-hydrogen) atoms. The van der Waals surface area contributed by atoms with E-state index in [2.05, 4.69) is 29.2 Å². The van der Waals surface area contributed by atoms with Gasteiger partial charge in [-0.15, -0.1) is 16.5 Å². The quantitative estimate of drug-likeness (QED) is 0.635. The maximum atomic E-state index is 4.73. The number of nitrogens with two attached hydrogens (primary N) is 1. The van der Waals surface area contributed by atoms with Crippen molar-refractivity contribution in [2.24, 2.45) is 5.10 Å². The smallest absolute Gasteiger partial charge is 0.277 e. The fourth-order valence-corrected chi connectivity index (χ4v) is 2.89. The second kappa shape index (κ2) is 6.78. The lowest BCUT2D eigenvalue weighted by Crippen LogP contribution is -3.00. The van der Waals surface area contributed by atoms with E-state index in [4.69, 9.17) is 5.10 Å². The van der Waals surface area contributed by atoms with Gasteiger partial charge >= 0.3 is 0 Å². The van der Waals surface area contributed by atoms with Gasteiger partial charge in [-0.05, 0) is 24.3 Å². The minimum Gasteiger partial charge on any atom is -1.00 e. The molecule has 5 nitrogen and oxygen atoms in total. The summed E-state index contributed by atoms with van der Waals surface area (Å²) in [6.45, 7) is 0. The van der Waals surface area contributed by atoms with Gasteiger partial charge in [0.05, 0.1) is 5.56 Å². The molecule has 3 aromatic rings. The molecule has 1 aromatic heterocycles. The summed E-state index contributed by atoms with van der Waals surface area (Å²) >= 11 is 1.56. The molecule has 4 rings (SSSR count). The third-order valence-corrected chi connectivity index (χ3v) is 4.07. The number of halogens is 1. The van der Waals surface area contributed by atoms with Crippen LogP contribution in [0.25, 0.3) is 0 Å². The predicted molar refractivity (Wildman–Crippen MR) is 88.4 cm³/mol. The van der Waals surface area contributed by atoms with Crippen LogP contribution in [0, 0.1) is 0 Å². The first-order valence-electron chi connectivity index (χ1n) is 6.94. The molecule has 2 N–H and O–H groups in total. The third-order valence-electron chi connectivity index (χ3n) is 3.33. The van der Waals surface area contributed by atoms with E-state index in [9.17, 15) is 0 Å². The number of amidine groups is 1. The van der Waals surface area contributed by atoms with Gasteiger partial charge in [0.1, 0.15) is 5.69 Å². The highest BCUT2D eigenvalue weighted by Gasteiger charge is 2.32. The van der Waals surface area contributed by atoms with E-state index in [0.717, 1.165) is 22.2 Å². The van der Waals surface area contributed by atoms with Crippen molar-refractivity contribution in [3.63, 3.8) is 0 Å². The summed E-state index contributed by atoms with van der Waals surface area (Å²) in [6.07, 6.45) is 1.79. The van der Waals surface area contributed by atoms with E-state index in [1.807, 2.05) is 57.4 Å². The molecule has 2 heterocycles. The van der Waals surface area contributed by atoms with E-state index in [0.29, 0.717) is 0 Å². The Morgan fingerprint density at radius 2 is 1.61 bits per heavy atom. The lowest BCUT2D eigenvalue weighted by Gasteiger charge is -2.21. The lowest BCUT2D eigenvalue weighted by atomic mass is 10.2. The summed E-state index contributed by atoms with van der Waals surface area (Å²) in [4.78, 5) is 4.38. The van der Waals surface area contributed by atoms with Crippen molar-refractivity contribution in [3.8, 4) is 0 Å². The van der Waals surface area contributed by atoms with E-state index in [1.54, 1.807) is 17.5 Å². The minimum absolute atomic E-state index is 0. The molecule has 0 bridgehead atoms. The van der Waals surface area contributed by atoms with Crippen LogP contribution in [-0.2, 0) is 0 Å². The van der Waals surface area contributed by atoms with E-state index in [1.165, 1.54) is 0 Å². The Kier molecular flexibility index (Phi) is 4.57. The van der Waals surface area contributed by atoms with Crippen molar-refractivity contribution in [2.45, 2.75) is 0 Å². The van der Waals surface area contributed by atoms with Gasteiger partial charge in [-0.2, -0.15) is 5.43 Å². The number of hydrazine groups is 1. The molecule has 0 unspecified atom stereocenters. The number of rotatable bonds is 3. The van der Waals surface area contributed by atoms with Crippen LogP contribution in [0.4, 0.5) is 10.8 Å². The molecule has 0 spiro atoms. The number of hydrogen-bond donors (Lipinski definition) is 1. The third kappa shape index (κ3) is 3.05. The summed E-state index contributed by atoms with van der Waals surface area (Å²) < 4.78 is 0. The zero-order valence-electron chi connectivity index (χ0n) is 12.1. The lowest BCUT2D eigenvalue weighted by molar-refractivity contribution is -0.545. The topological polar surface area (TPSA) is 48.3 Å². The van der Waals surface area contributed by atoms with E-state index in [-0.39, 0.29) is 12.4 Å². The highest BCUT2D eigenvalue weighted by Crippen LogP contribution is 2.24. The molecule has 0 fully saturated rings. The summed E-state index contributed by atoms with van der Waals surface area (Å²) in [7, 11) is 0. The number of hydrazone groups is 1. The van der Waals surface area contributed by atoms with Gasteiger partial charge in [-0.1, -0.05) is 46.6 Å². The van der Waals surface area contributed by atoms with Crippen LogP contribution >= 0.6 is 11.3 Å². The molecule has 0 aliphatic carbocycles. The van der Waals surface area contributed by atoms with Crippen LogP contribution in [0.5, 0.6) is 0 Å². The number of para-hydroxylation sites is 1. The van der Waals surface area contributed by atoms with Crippen molar-refractivity contribution in [1.29, 1.82) is 0 Å². The molecule has 0 amide bonds. The van der Waals surface area contributed by atoms with Gasteiger partial charge in [-0.25, -0.2) is 4.98 Å². The van der Waals surface area contributed by atoms with Crippen LogP contribution in [0.3, 0.4) is 0 Å². The average molecular weight is 344 g/mol. The Morgan fingerprint density at radius 3 is 2.26 bits per heavy atom. The van der Waals surface area contributed by atoms with Gasteiger partial charge in [0, 0.05) is 11.6 Å². The number of thiazole rings is 1. The Balaban J connectivity index is 0.00000156.